The molecule has 0 aromatic heterocycles. The van der Waals surface area contributed by atoms with Crippen LogP contribution in [0.5, 0.6) is 0 Å². The van der Waals surface area contributed by atoms with Gasteiger partial charge in [-0.05, 0) is 18.2 Å². The number of esters is 1. The number of methoxy groups -OCH3 is 1. The molecule has 1 atom stereocenters. The van der Waals surface area contributed by atoms with Gasteiger partial charge in [0.2, 0.25) is 0 Å². The summed E-state index contributed by atoms with van der Waals surface area (Å²) in [4.78, 5) is 13.5. The van der Waals surface area contributed by atoms with Crippen molar-refractivity contribution in [3.05, 3.63) is 34.6 Å². The lowest BCUT2D eigenvalue weighted by Crippen LogP contribution is -2.49. The van der Waals surface area contributed by atoms with Gasteiger partial charge in [0, 0.05) is 23.7 Å². The summed E-state index contributed by atoms with van der Waals surface area (Å²) in [5, 5.41) is 0.472. The van der Waals surface area contributed by atoms with Gasteiger partial charge in [0.15, 0.2) is 0 Å². The number of hydrogen-bond donors (Lipinski definition) is 0. The average molecular weight is 288 g/mol. The molecule has 0 spiro atoms. The zero-order valence-electron chi connectivity index (χ0n) is 10.6. The Morgan fingerprint density at radius 1 is 1.63 bits per heavy atom. The number of nitrogens with zero attached hydrogens (tertiary/aromatic N) is 1. The highest BCUT2D eigenvalue weighted by atomic mass is 35.5. The minimum Gasteiger partial charge on any atom is -0.468 e. The highest BCUT2D eigenvalue weighted by Gasteiger charge is 2.30. The number of carbonyl (C=O) groups is 1. The molecule has 104 valence electrons. The summed E-state index contributed by atoms with van der Waals surface area (Å²) in [6.45, 7) is 1.62. The van der Waals surface area contributed by atoms with E-state index in [0.29, 0.717) is 30.3 Å². The van der Waals surface area contributed by atoms with Gasteiger partial charge < -0.3 is 9.47 Å². The van der Waals surface area contributed by atoms with Crippen LogP contribution in [0.15, 0.2) is 18.2 Å². The van der Waals surface area contributed by atoms with Crippen LogP contribution in [0.3, 0.4) is 0 Å². The Bertz CT molecular complexity index is 469. The van der Waals surface area contributed by atoms with Crippen LogP contribution in [0, 0.1) is 5.82 Å². The highest BCUT2D eigenvalue weighted by Crippen LogP contribution is 2.19. The fraction of sp³-hybridized carbons (Fsp3) is 0.462. The lowest BCUT2D eigenvalue weighted by Gasteiger charge is -2.33. The second kappa shape index (κ2) is 6.32. The first-order chi connectivity index (χ1) is 9.11. The standard InChI is InChI=1S/C13H15ClFNO3/c1-18-13(17)12-8-19-5-4-16(12)7-9-6-10(14)2-3-11(9)15/h2-3,6,12H,4-5,7-8H2,1H3. The molecule has 1 fully saturated rings. The van der Waals surface area contributed by atoms with Gasteiger partial charge in [0.1, 0.15) is 11.9 Å². The van der Waals surface area contributed by atoms with Crippen LogP contribution >= 0.6 is 11.6 Å². The lowest BCUT2D eigenvalue weighted by molar-refractivity contribution is -0.153. The SMILES string of the molecule is COC(=O)C1COCCN1Cc1cc(Cl)ccc1F. The summed E-state index contributed by atoms with van der Waals surface area (Å²) in [6.07, 6.45) is 0. The largest absolute Gasteiger partial charge is 0.468 e. The maximum atomic E-state index is 13.7. The second-order valence-corrected chi connectivity index (χ2v) is 4.76. The third-order valence-electron chi connectivity index (χ3n) is 3.09. The Labute approximate surface area is 116 Å². The van der Waals surface area contributed by atoms with E-state index >= 15 is 0 Å². The van der Waals surface area contributed by atoms with Crippen molar-refractivity contribution in [3.8, 4) is 0 Å². The number of benzene rings is 1. The van der Waals surface area contributed by atoms with Gasteiger partial charge in [-0.1, -0.05) is 11.6 Å². The van der Waals surface area contributed by atoms with E-state index in [0.717, 1.165) is 0 Å². The molecule has 0 saturated carbocycles. The van der Waals surface area contributed by atoms with E-state index in [4.69, 9.17) is 21.1 Å². The van der Waals surface area contributed by atoms with Crippen molar-refractivity contribution in [2.45, 2.75) is 12.6 Å². The molecule has 1 aromatic carbocycles. The molecular formula is C13H15ClFNO3. The van der Waals surface area contributed by atoms with E-state index in [1.807, 2.05) is 4.90 Å². The van der Waals surface area contributed by atoms with Gasteiger partial charge in [0.05, 0.1) is 20.3 Å². The number of ether oxygens (including phenoxy) is 2. The fourth-order valence-electron chi connectivity index (χ4n) is 2.06. The van der Waals surface area contributed by atoms with Crippen LogP contribution in [0.4, 0.5) is 4.39 Å². The molecule has 0 N–H and O–H groups in total. The molecule has 0 amide bonds. The molecule has 0 bridgehead atoms. The summed E-state index contributed by atoms with van der Waals surface area (Å²) >= 11 is 5.86. The molecule has 19 heavy (non-hydrogen) atoms. The number of carbonyl (C=O) groups excluding carboxylic acids is 1. The molecule has 1 unspecified atom stereocenters. The first-order valence-corrected chi connectivity index (χ1v) is 6.33. The van der Waals surface area contributed by atoms with Crippen LogP contribution in [-0.4, -0.2) is 43.8 Å². The van der Waals surface area contributed by atoms with Gasteiger partial charge in [-0.3, -0.25) is 9.69 Å². The number of halogens is 2. The van der Waals surface area contributed by atoms with Gasteiger partial charge in [0.25, 0.3) is 0 Å². The van der Waals surface area contributed by atoms with Crippen molar-refractivity contribution >= 4 is 17.6 Å². The van der Waals surface area contributed by atoms with E-state index in [1.165, 1.54) is 19.2 Å². The predicted octanol–water partition coefficient (Wildman–Crippen LogP) is 1.85. The van der Waals surface area contributed by atoms with Crippen LogP contribution in [0.2, 0.25) is 5.02 Å². The Kier molecular flexibility index (Phi) is 4.74. The van der Waals surface area contributed by atoms with Crippen molar-refractivity contribution in [2.24, 2.45) is 0 Å². The summed E-state index contributed by atoms with van der Waals surface area (Å²) in [5.74, 6) is -0.707. The molecule has 1 aliphatic heterocycles. The molecule has 0 aliphatic carbocycles. The predicted molar refractivity (Wildman–Crippen MR) is 68.4 cm³/mol. The Balaban J connectivity index is 2.15. The first kappa shape index (κ1) is 14.2. The Hall–Kier alpha value is -1.17. The number of rotatable bonds is 3. The van der Waals surface area contributed by atoms with Gasteiger partial charge >= 0.3 is 5.97 Å². The minimum absolute atomic E-state index is 0.259. The summed E-state index contributed by atoms with van der Waals surface area (Å²) < 4.78 is 23.7. The fourth-order valence-corrected chi connectivity index (χ4v) is 2.26. The molecule has 0 radical (unpaired) electrons. The number of morpholine rings is 1. The minimum atomic E-state index is -0.503. The molecule has 1 heterocycles. The van der Waals surface area contributed by atoms with Crippen LogP contribution < -0.4 is 0 Å². The molecule has 2 rings (SSSR count). The zero-order valence-corrected chi connectivity index (χ0v) is 11.3. The topological polar surface area (TPSA) is 38.8 Å². The lowest BCUT2D eigenvalue weighted by atomic mass is 10.1. The van der Waals surface area contributed by atoms with Crippen LogP contribution in [0.1, 0.15) is 5.56 Å². The van der Waals surface area contributed by atoms with Gasteiger partial charge in [-0.25, -0.2) is 4.39 Å². The number of hydrogen-bond acceptors (Lipinski definition) is 4. The zero-order chi connectivity index (χ0) is 13.8. The third-order valence-corrected chi connectivity index (χ3v) is 3.33. The Morgan fingerprint density at radius 2 is 2.42 bits per heavy atom. The van der Waals surface area contributed by atoms with Gasteiger partial charge in [-0.2, -0.15) is 0 Å². The van der Waals surface area contributed by atoms with Crippen molar-refractivity contribution in [1.82, 2.24) is 4.90 Å². The quantitative estimate of drug-likeness (QED) is 0.796. The van der Waals surface area contributed by atoms with Crippen LogP contribution in [0.25, 0.3) is 0 Å². The molecule has 1 saturated heterocycles. The van der Waals surface area contributed by atoms with Crippen molar-refractivity contribution in [1.29, 1.82) is 0 Å². The molecule has 1 aliphatic rings. The van der Waals surface area contributed by atoms with E-state index in [2.05, 4.69) is 0 Å². The summed E-state index contributed by atoms with van der Waals surface area (Å²) in [7, 11) is 1.33. The smallest absolute Gasteiger partial charge is 0.325 e. The van der Waals surface area contributed by atoms with Crippen LogP contribution in [-0.2, 0) is 20.8 Å². The summed E-state index contributed by atoms with van der Waals surface area (Å²) in [5.41, 5.74) is 0.461. The second-order valence-electron chi connectivity index (χ2n) is 4.32. The third kappa shape index (κ3) is 3.43. The van der Waals surface area contributed by atoms with Crippen molar-refractivity contribution in [2.75, 3.05) is 26.9 Å². The van der Waals surface area contributed by atoms with Crippen molar-refractivity contribution < 1.29 is 18.7 Å². The molecule has 6 heteroatoms. The van der Waals surface area contributed by atoms with Gasteiger partial charge in [-0.15, -0.1) is 0 Å². The van der Waals surface area contributed by atoms with E-state index in [1.54, 1.807) is 6.07 Å². The molecular weight excluding hydrogens is 273 g/mol. The maximum Gasteiger partial charge on any atom is 0.325 e. The van der Waals surface area contributed by atoms with Crippen molar-refractivity contribution in [3.63, 3.8) is 0 Å². The van der Waals surface area contributed by atoms with E-state index in [-0.39, 0.29) is 18.4 Å². The molecule has 1 aromatic rings. The monoisotopic (exact) mass is 287 g/mol. The molecule has 4 nitrogen and oxygen atoms in total. The summed E-state index contributed by atoms with van der Waals surface area (Å²) in [6, 6.07) is 3.89. The van der Waals surface area contributed by atoms with E-state index < -0.39 is 6.04 Å². The maximum absolute atomic E-state index is 13.7. The van der Waals surface area contributed by atoms with E-state index in [9.17, 15) is 9.18 Å². The highest BCUT2D eigenvalue weighted by molar-refractivity contribution is 6.30. The first-order valence-electron chi connectivity index (χ1n) is 5.95. The normalized spacial score (nSPS) is 20.3. The Morgan fingerprint density at radius 3 is 3.16 bits per heavy atom. The average Bonchev–Trinajstić information content (AvgIpc) is 2.42.